The van der Waals surface area contributed by atoms with Crippen LogP contribution in [0.15, 0.2) is 52.1 Å². The van der Waals surface area contributed by atoms with Gasteiger partial charge in [-0.3, -0.25) is 9.36 Å². The van der Waals surface area contributed by atoms with Gasteiger partial charge in [0.15, 0.2) is 0 Å². The first-order valence-corrected chi connectivity index (χ1v) is 7.09. The lowest BCUT2D eigenvalue weighted by atomic mass is 10.1. The van der Waals surface area contributed by atoms with Crippen LogP contribution in [0.25, 0.3) is 10.9 Å². The summed E-state index contributed by atoms with van der Waals surface area (Å²) in [5, 5.41) is 0.249. The highest BCUT2D eigenvalue weighted by Crippen LogP contribution is 2.11. The molecule has 2 aromatic carbocycles. The Morgan fingerprint density at radius 2 is 2.00 bits per heavy atom. The summed E-state index contributed by atoms with van der Waals surface area (Å²) in [4.78, 5) is 38.8. The number of rotatable bonds is 3. The van der Waals surface area contributed by atoms with Gasteiger partial charge in [-0.05, 0) is 35.9 Å². The monoisotopic (exact) mass is 328 g/mol. The van der Waals surface area contributed by atoms with Gasteiger partial charge in [-0.25, -0.2) is 14.0 Å². The van der Waals surface area contributed by atoms with Crippen LogP contribution in [-0.4, -0.2) is 22.6 Å². The minimum atomic E-state index is -0.640. The van der Waals surface area contributed by atoms with E-state index in [1.54, 1.807) is 6.07 Å². The third-order valence-corrected chi connectivity index (χ3v) is 3.63. The van der Waals surface area contributed by atoms with Gasteiger partial charge in [-0.1, -0.05) is 12.1 Å². The first-order valence-electron chi connectivity index (χ1n) is 7.09. The van der Waals surface area contributed by atoms with E-state index in [4.69, 9.17) is 0 Å². The Kier molecular flexibility index (Phi) is 3.99. The number of H-pyrrole nitrogens is 1. The fourth-order valence-corrected chi connectivity index (χ4v) is 2.46. The summed E-state index contributed by atoms with van der Waals surface area (Å²) in [6.07, 6.45) is 0. The third kappa shape index (κ3) is 2.83. The number of halogens is 1. The SMILES string of the molecule is COC(=O)c1ccc2c(=O)n(Cc3cccc(F)c3)c(=O)[nH]c2c1. The highest BCUT2D eigenvalue weighted by molar-refractivity contribution is 5.93. The number of fused-ring (bicyclic) bond motifs is 1. The summed E-state index contributed by atoms with van der Waals surface area (Å²) >= 11 is 0. The van der Waals surface area contributed by atoms with E-state index in [0.29, 0.717) is 5.56 Å². The van der Waals surface area contributed by atoms with E-state index in [9.17, 15) is 18.8 Å². The number of ether oxygens (including phenoxy) is 1. The first kappa shape index (κ1) is 15.7. The van der Waals surface area contributed by atoms with Crippen molar-refractivity contribution in [3.63, 3.8) is 0 Å². The number of carbonyl (C=O) groups is 1. The lowest BCUT2D eigenvalue weighted by Gasteiger charge is -2.07. The first-order chi connectivity index (χ1) is 11.5. The maximum atomic E-state index is 13.3. The quantitative estimate of drug-likeness (QED) is 0.742. The van der Waals surface area contributed by atoms with E-state index in [1.807, 2.05) is 0 Å². The molecule has 0 radical (unpaired) electrons. The number of carbonyl (C=O) groups excluding carboxylic acids is 1. The van der Waals surface area contributed by atoms with Gasteiger partial charge in [-0.2, -0.15) is 0 Å². The van der Waals surface area contributed by atoms with Crippen LogP contribution in [0.3, 0.4) is 0 Å². The number of benzene rings is 2. The molecule has 1 heterocycles. The van der Waals surface area contributed by atoms with Crippen molar-refractivity contribution in [2.24, 2.45) is 0 Å². The van der Waals surface area contributed by atoms with Gasteiger partial charge in [0.25, 0.3) is 5.56 Å². The molecular formula is C17H13FN2O4. The molecule has 0 aliphatic rings. The lowest BCUT2D eigenvalue weighted by molar-refractivity contribution is 0.0601. The molecular weight excluding hydrogens is 315 g/mol. The summed E-state index contributed by atoms with van der Waals surface area (Å²) in [5.74, 6) is -1.01. The van der Waals surface area contributed by atoms with E-state index in [2.05, 4.69) is 9.72 Å². The average molecular weight is 328 g/mol. The Labute approximate surface area is 135 Å². The van der Waals surface area contributed by atoms with Crippen molar-refractivity contribution in [1.29, 1.82) is 0 Å². The molecule has 122 valence electrons. The van der Waals surface area contributed by atoms with Crippen molar-refractivity contribution in [2.75, 3.05) is 7.11 Å². The number of hydrogen-bond donors (Lipinski definition) is 1. The number of esters is 1. The molecule has 7 heteroatoms. The zero-order valence-corrected chi connectivity index (χ0v) is 12.7. The minimum Gasteiger partial charge on any atom is -0.465 e. The van der Waals surface area contributed by atoms with Gasteiger partial charge >= 0.3 is 11.7 Å². The Hall–Kier alpha value is -3.22. The molecule has 24 heavy (non-hydrogen) atoms. The van der Waals surface area contributed by atoms with Gasteiger partial charge in [-0.15, -0.1) is 0 Å². The predicted octanol–water partition coefficient (Wildman–Crippen LogP) is 1.66. The van der Waals surface area contributed by atoms with Crippen molar-refractivity contribution < 1.29 is 13.9 Å². The van der Waals surface area contributed by atoms with Crippen LogP contribution >= 0.6 is 0 Å². The van der Waals surface area contributed by atoms with E-state index in [-0.39, 0.29) is 23.0 Å². The maximum Gasteiger partial charge on any atom is 0.337 e. The second-order valence-corrected chi connectivity index (χ2v) is 5.20. The fourth-order valence-electron chi connectivity index (χ4n) is 2.46. The van der Waals surface area contributed by atoms with Gasteiger partial charge in [0.1, 0.15) is 5.82 Å². The average Bonchev–Trinajstić information content (AvgIpc) is 2.57. The standard InChI is InChI=1S/C17H13FN2O4/c1-24-16(22)11-5-6-13-14(8-11)19-17(23)20(15(13)21)9-10-3-2-4-12(18)7-10/h2-8H,9H2,1H3,(H,19,23). The van der Waals surface area contributed by atoms with E-state index in [0.717, 1.165) is 4.57 Å². The zero-order chi connectivity index (χ0) is 17.3. The maximum absolute atomic E-state index is 13.3. The molecule has 3 aromatic rings. The van der Waals surface area contributed by atoms with E-state index < -0.39 is 23.0 Å². The summed E-state index contributed by atoms with van der Waals surface area (Å²) in [5.41, 5.74) is -0.201. The molecule has 0 fully saturated rings. The van der Waals surface area contributed by atoms with Gasteiger partial charge in [0, 0.05) is 0 Å². The Bertz CT molecular complexity index is 1050. The normalized spacial score (nSPS) is 10.8. The molecule has 0 aliphatic carbocycles. The Balaban J connectivity index is 2.12. The number of methoxy groups -OCH3 is 1. The number of nitrogens with zero attached hydrogens (tertiary/aromatic N) is 1. The number of aromatic nitrogens is 2. The predicted molar refractivity (Wildman–Crippen MR) is 85.7 cm³/mol. The molecule has 0 amide bonds. The number of hydrogen-bond acceptors (Lipinski definition) is 4. The minimum absolute atomic E-state index is 0.0549. The molecule has 0 unspecified atom stereocenters. The van der Waals surface area contributed by atoms with Crippen molar-refractivity contribution in [3.8, 4) is 0 Å². The molecule has 0 spiro atoms. The molecule has 0 atom stereocenters. The van der Waals surface area contributed by atoms with Gasteiger partial charge in [0.2, 0.25) is 0 Å². The van der Waals surface area contributed by atoms with Crippen LogP contribution in [0.2, 0.25) is 0 Å². The van der Waals surface area contributed by atoms with Gasteiger partial charge in [0.05, 0.1) is 30.1 Å². The zero-order valence-electron chi connectivity index (χ0n) is 12.7. The fraction of sp³-hybridized carbons (Fsp3) is 0.118. The molecule has 1 N–H and O–H groups in total. The third-order valence-electron chi connectivity index (χ3n) is 3.63. The van der Waals surface area contributed by atoms with Crippen LogP contribution < -0.4 is 11.2 Å². The number of nitrogens with one attached hydrogen (secondary N) is 1. The summed E-state index contributed by atoms with van der Waals surface area (Å²) in [7, 11) is 1.24. The molecule has 6 nitrogen and oxygen atoms in total. The topological polar surface area (TPSA) is 81.2 Å². The summed E-state index contributed by atoms with van der Waals surface area (Å²) < 4.78 is 18.9. The second kappa shape index (κ2) is 6.11. The second-order valence-electron chi connectivity index (χ2n) is 5.20. The van der Waals surface area contributed by atoms with Gasteiger partial charge < -0.3 is 9.72 Å². The molecule has 0 bridgehead atoms. The Morgan fingerprint density at radius 3 is 2.71 bits per heavy atom. The summed E-state index contributed by atoms with van der Waals surface area (Å²) in [6.45, 7) is -0.0549. The lowest BCUT2D eigenvalue weighted by Crippen LogP contribution is -2.35. The van der Waals surface area contributed by atoms with Crippen LogP contribution in [0, 0.1) is 5.82 Å². The molecule has 0 saturated heterocycles. The molecule has 0 saturated carbocycles. The van der Waals surface area contributed by atoms with Crippen LogP contribution in [0.4, 0.5) is 4.39 Å². The van der Waals surface area contributed by atoms with Crippen molar-refractivity contribution in [2.45, 2.75) is 6.54 Å². The van der Waals surface area contributed by atoms with E-state index >= 15 is 0 Å². The van der Waals surface area contributed by atoms with Crippen molar-refractivity contribution >= 4 is 16.9 Å². The highest BCUT2D eigenvalue weighted by atomic mass is 19.1. The van der Waals surface area contributed by atoms with Crippen molar-refractivity contribution in [3.05, 3.63) is 80.2 Å². The van der Waals surface area contributed by atoms with Crippen LogP contribution in [-0.2, 0) is 11.3 Å². The molecule has 0 aliphatic heterocycles. The van der Waals surface area contributed by atoms with Crippen LogP contribution in [0.1, 0.15) is 15.9 Å². The smallest absolute Gasteiger partial charge is 0.337 e. The Morgan fingerprint density at radius 1 is 1.21 bits per heavy atom. The number of aromatic amines is 1. The largest absolute Gasteiger partial charge is 0.465 e. The highest BCUT2D eigenvalue weighted by Gasteiger charge is 2.12. The van der Waals surface area contributed by atoms with Crippen LogP contribution in [0.5, 0.6) is 0 Å². The molecule has 3 rings (SSSR count). The summed E-state index contributed by atoms with van der Waals surface area (Å²) in [6, 6.07) is 9.95. The molecule has 1 aromatic heterocycles. The van der Waals surface area contributed by atoms with Crippen molar-refractivity contribution in [1.82, 2.24) is 9.55 Å². The van der Waals surface area contributed by atoms with E-state index in [1.165, 1.54) is 43.5 Å².